The third kappa shape index (κ3) is 4.15. The van der Waals surface area contributed by atoms with E-state index in [1.807, 2.05) is 12.1 Å². The molecule has 0 atom stereocenters. The number of carbonyl (C=O) groups is 1. The fourth-order valence-corrected chi connectivity index (χ4v) is 1.74. The third-order valence-corrected chi connectivity index (χ3v) is 2.69. The summed E-state index contributed by atoms with van der Waals surface area (Å²) in [5.74, 6) is 0.572. The van der Waals surface area contributed by atoms with Gasteiger partial charge in [-0.1, -0.05) is 12.1 Å². The number of methoxy groups -OCH3 is 1. The molecule has 0 fully saturated rings. The number of nitrogens with zero attached hydrogens (tertiary/aromatic N) is 2. The van der Waals surface area contributed by atoms with Crippen LogP contribution >= 0.6 is 0 Å². The minimum atomic E-state index is -0.433. The molecule has 2 aromatic rings. The number of hydrogen-bond donors (Lipinski definition) is 3. The summed E-state index contributed by atoms with van der Waals surface area (Å²) in [7, 11) is 1.50. The maximum Gasteiger partial charge on any atom is 0.326 e. The van der Waals surface area contributed by atoms with Crippen molar-refractivity contribution in [3.8, 4) is 5.88 Å². The standard InChI is InChI=1S/C14H17N5O2/c1-9-6-12(21-2)18-13(16-9)19-14(20)17-11-5-3-4-10(7-11)8-15/h3-7H,8,15H2,1-2H3,(H2,16,17,18,19,20). The van der Waals surface area contributed by atoms with E-state index in [9.17, 15) is 4.79 Å². The van der Waals surface area contributed by atoms with Crippen molar-refractivity contribution in [3.63, 3.8) is 0 Å². The predicted octanol–water partition coefficient (Wildman–Crippen LogP) is 1.90. The molecular weight excluding hydrogens is 270 g/mol. The number of aromatic nitrogens is 2. The maximum atomic E-state index is 11.9. The average Bonchev–Trinajstić information content (AvgIpc) is 2.46. The van der Waals surface area contributed by atoms with Crippen LogP contribution in [0.3, 0.4) is 0 Å². The van der Waals surface area contributed by atoms with Crippen LogP contribution in [0.1, 0.15) is 11.3 Å². The number of anilines is 2. The summed E-state index contributed by atoms with van der Waals surface area (Å²) in [6.07, 6.45) is 0. The van der Waals surface area contributed by atoms with Crippen LogP contribution in [0, 0.1) is 6.92 Å². The highest BCUT2D eigenvalue weighted by molar-refractivity contribution is 5.98. The fourth-order valence-electron chi connectivity index (χ4n) is 1.74. The Balaban J connectivity index is 2.06. The largest absolute Gasteiger partial charge is 0.481 e. The maximum absolute atomic E-state index is 11.9. The van der Waals surface area contributed by atoms with Crippen molar-refractivity contribution < 1.29 is 9.53 Å². The molecule has 1 aromatic carbocycles. The lowest BCUT2D eigenvalue weighted by atomic mass is 10.2. The first-order valence-electron chi connectivity index (χ1n) is 6.37. The van der Waals surface area contributed by atoms with E-state index in [0.717, 1.165) is 5.56 Å². The topological polar surface area (TPSA) is 102 Å². The molecule has 0 radical (unpaired) electrons. The van der Waals surface area contributed by atoms with Crippen molar-refractivity contribution >= 4 is 17.7 Å². The summed E-state index contributed by atoms with van der Waals surface area (Å²) in [4.78, 5) is 20.1. The van der Waals surface area contributed by atoms with Crippen molar-refractivity contribution in [2.24, 2.45) is 5.73 Å². The lowest BCUT2D eigenvalue weighted by Gasteiger charge is -2.09. The molecule has 4 N–H and O–H groups in total. The minimum Gasteiger partial charge on any atom is -0.481 e. The number of amides is 2. The average molecular weight is 287 g/mol. The molecule has 2 amide bonds. The van der Waals surface area contributed by atoms with Gasteiger partial charge in [-0.05, 0) is 24.6 Å². The first-order chi connectivity index (χ1) is 10.1. The highest BCUT2D eigenvalue weighted by Crippen LogP contribution is 2.13. The number of nitrogens with two attached hydrogens (primary N) is 1. The molecule has 21 heavy (non-hydrogen) atoms. The molecule has 0 unspecified atom stereocenters. The smallest absolute Gasteiger partial charge is 0.326 e. The lowest BCUT2D eigenvalue weighted by Crippen LogP contribution is -2.21. The number of benzene rings is 1. The van der Waals surface area contributed by atoms with Crippen LogP contribution in [-0.2, 0) is 6.54 Å². The van der Waals surface area contributed by atoms with E-state index >= 15 is 0 Å². The van der Waals surface area contributed by atoms with Crippen molar-refractivity contribution in [2.45, 2.75) is 13.5 Å². The van der Waals surface area contributed by atoms with Crippen LogP contribution in [0.25, 0.3) is 0 Å². The van der Waals surface area contributed by atoms with Gasteiger partial charge >= 0.3 is 6.03 Å². The monoisotopic (exact) mass is 287 g/mol. The molecule has 7 nitrogen and oxygen atoms in total. The second kappa shape index (κ2) is 6.67. The summed E-state index contributed by atoms with van der Waals surface area (Å²) in [6, 6.07) is 8.53. The Morgan fingerprint density at radius 1 is 1.29 bits per heavy atom. The van der Waals surface area contributed by atoms with Crippen LogP contribution in [0.2, 0.25) is 0 Å². The van der Waals surface area contributed by atoms with Gasteiger partial charge < -0.3 is 15.8 Å². The van der Waals surface area contributed by atoms with Crippen LogP contribution in [0.15, 0.2) is 30.3 Å². The summed E-state index contributed by atoms with van der Waals surface area (Å²) in [5, 5.41) is 5.26. The number of rotatable bonds is 4. The molecule has 0 spiro atoms. The molecule has 1 heterocycles. The zero-order chi connectivity index (χ0) is 15.2. The molecule has 0 bridgehead atoms. The summed E-state index contributed by atoms with van der Waals surface area (Å²) >= 11 is 0. The Morgan fingerprint density at radius 2 is 2.10 bits per heavy atom. The molecule has 0 saturated heterocycles. The van der Waals surface area contributed by atoms with E-state index in [-0.39, 0.29) is 5.95 Å². The molecule has 1 aromatic heterocycles. The van der Waals surface area contributed by atoms with Gasteiger partial charge in [-0.3, -0.25) is 5.32 Å². The van der Waals surface area contributed by atoms with Gasteiger partial charge in [0.2, 0.25) is 11.8 Å². The number of urea groups is 1. The molecule has 0 saturated carbocycles. The highest BCUT2D eigenvalue weighted by Gasteiger charge is 2.07. The Morgan fingerprint density at radius 3 is 2.81 bits per heavy atom. The van der Waals surface area contributed by atoms with E-state index in [0.29, 0.717) is 23.8 Å². The van der Waals surface area contributed by atoms with E-state index in [2.05, 4.69) is 20.6 Å². The van der Waals surface area contributed by atoms with Gasteiger partial charge in [-0.25, -0.2) is 9.78 Å². The molecule has 0 aliphatic heterocycles. The molecule has 7 heteroatoms. The Kier molecular flexibility index (Phi) is 4.68. The number of hydrogen-bond acceptors (Lipinski definition) is 5. The Bertz CT molecular complexity index is 645. The lowest BCUT2D eigenvalue weighted by molar-refractivity contribution is 0.262. The normalized spacial score (nSPS) is 10.0. The molecule has 110 valence electrons. The van der Waals surface area contributed by atoms with E-state index in [1.54, 1.807) is 25.1 Å². The van der Waals surface area contributed by atoms with Crippen LogP contribution < -0.4 is 21.1 Å². The number of nitrogens with one attached hydrogen (secondary N) is 2. The van der Waals surface area contributed by atoms with Crippen LogP contribution in [0.5, 0.6) is 5.88 Å². The first kappa shape index (κ1) is 14.7. The van der Waals surface area contributed by atoms with Crippen molar-refractivity contribution in [3.05, 3.63) is 41.6 Å². The van der Waals surface area contributed by atoms with Crippen LogP contribution in [0.4, 0.5) is 16.4 Å². The number of ether oxygens (including phenoxy) is 1. The van der Waals surface area contributed by atoms with Crippen molar-refractivity contribution in [1.82, 2.24) is 9.97 Å². The molecule has 0 aliphatic rings. The van der Waals surface area contributed by atoms with Gasteiger partial charge in [0.05, 0.1) is 7.11 Å². The SMILES string of the molecule is COc1cc(C)nc(NC(=O)Nc2cccc(CN)c2)n1. The second-order valence-corrected chi connectivity index (χ2v) is 4.36. The zero-order valence-corrected chi connectivity index (χ0v) is 11.9. The van der Waals surface area contributed by atoms with Gasteiger partial charge in [-0.2, -0.15) is 4.98 Å². The Labute approximate surface area is 122 Å². The molecule has 0 aliphatic carbocycles. The zero-order valence-electron chi connectivity index (χ0n) is 11.9. The van der Waals surface area contributed by atoms with E-state index < -0.39 is 6.03 Å². The first-order valence-corrected chi connectivity index (χ1v) is 6.37. The number of aryl methyl sites for hydroxylation is 1. The van der Waals surface area contributed by atoms with Gasteiger partial charge in [-0.15, -0.1) is 0 Å². The van der Waals surface area contributed by atoms with Crippen LogP contribution in [-0.4, -0.2) is 23.1 Å². The summed E-state index contributed by atoms with van der Waals surface area (Å²) in [6.45, 7) is 2.20. The van der Waals surface area contributed by atoms with Crippen molar-refractivity contribution in [2.75, 3.05) is 17.7 Å². The fraction of sp³-hybridized carbons (Fsp3) is 0.214. The molecular formula is C14H17N5O2. The van der Waals surface area contributed by atoms with Crippen molar-refractivity contribution in [1.29, 1.82) is 0 Å². The third-order valence-electron chi connectivity index (χ3n) is 2.69. The van der Waals surface area contributed by atoms with Gasteiger partial charge in [0, 0.05) is 24.0 Å². The second-order valence-electron chi connectivity index (χ2n) is 4.36. The minimum absolute atomic E-state index is 0.180. The predicted molar refractivity (Wildman–Crippen MR) is 80.3 cm³/mol. The molecule has 2 rings (SSSR count). The van der Waals surface area contributed by atoms with Gasteiger partial charge in [0.25, 0.3) is 0 Å². The summed E-state index contributed by atoms with van der Waals surface area (Å²) < 4.78 is 5.03. The Hall–Kier alpha value is -2.67. The quantitative estimate of drug-likeness (QED) is 0.797. The van der Waals surface area contributed by atoms with E-state index in [1.165, 1.54) is 7.11 Å². The number of carbonyl (C=O) groups excluding carboxylic acids is 1. The van der Waals surface area contributed by atoms with Gasteiger partial charge in [0.1, 0.15) is 0 Å². The van der Waals surface area contributed by atoms with E-state index in [4.69, 9.17) is 10.5 Å². The van der Waals surface area contributed by atoms with Gasteiger partial charge in [0.15, 0.2) is 0 Å². The summed E-state index contributed by atoms with van der Waals surface area (Å²) in [5.41, 5.74) is 7.84. The highest BCUT2D eigenvalue weighted by atomic mass is 16.5.